The number of rotatable bonds is 2. The number of hydrogen-bond donors (Lipinski definition) is 1. The average Bonchev–Trinajstić information content (AvgIpc) is 2.83. The maximum atomic E-state index is 11.9. The zero-order chi connectivity index (χ0) is 14.3. The molecule has 3 rings (SSSR count). The number of nitrogens with two attached hydrogens (primary N) is 1. The van der Waals surface area contributed by atoms with E-state index in [4.69, 9.17) is 10.2 Å². The Morgan fingerprint density at radius 1 is 1.35 bits per heavy atom. The monoisotopic (exact) mass is 289 g/mol. The minimum absolute atomic E-state index is 0.0740. The summed E-state index contributed by atoms with van der Waals surface area (Å²) in [6.07, 6.45) is 0. The second-order valence-electron chi connectivity index (χ2n) is 4.00. The van der Waals surface area contributed by atoms with Crippen molar-refractivity contribution in [3.8, 4) is 11.3 Å². The van der Waals surface area contributed by atoms with E-state index in [-0.39, 0.29) is 16.8 Å². The van der Waals surface area contributed by atoms with Crippen LogP contribution >= 0.6 is 11.3 Å². The lowest BCUT2D eigenvalue weighted by molar-refractivity contribution is -0.384. The van der Waals surface area contributed by atoms with E-state index in [2.05, 4.69) is 4.98 Å². The van der Waals surface area contributed by atoms with Crippen molar-refractivity contribution < 1.29 is 9.34 Å². The number of nitrogen functional groups attached to an aromatic ring is 1. The number of nitrogens with zero attached hydrogens (tertiary/aromatic N) is 2. The molecule has 100 valence electrons. The van der Waals surface area contributed by atoms with Gasteiger partial charge in [-0.1, -0.05) is 0 Å². The molecule has 2 N–H and O–H groups in total. The van der Waals surface area contributed by atoms with Crippen LogP contribution in [0.1, 0.15) is 0 Å². The van der Waals surface area contributed by atoms with Gasteiger partial charge in [0.2, 0.25) is 0 Å². The summed E-state index contributed by atoms with van der Waals surface area (Å²) < 4.78 is 5.14. The Morgan fingerprint density at radius 2 is 2.15 bits per heavy atom. The summed E-state index contributed by atoms with van der Waals surface area (Å²) in [5, 5.41) is 13.2. The number of fused-ring (bicyclic) bond motifs is 1. The van der Waals surface area contributed by atoms with Crippen LogP contribution in [0.2, 0.25) is 0 Å². The van der Waals surface area contributed by atoms with E-state index in [1.165, 1.54) is 35.6 Å². The van der Waals surface area contributed by atoms with E-state index >= 15 is 0 Å². The molecule has 20 heavy (non-hydrogen) atoms. The van der Waals surface area contributed by atoms with Gasteiger partial charge in [0.15, 0.2) is 5.13 Å². The SMILES string of the molecule is Nc1nc(-c2cc3cc([N+](=O)[O-])ccc3oc2=O)cs1. The first-order valence-corrected chi connectivity index (χ1v) is 6.36. The van der Waals surface area contributed by atoms with E-state index < -0.39 is 10.5 Å². The highest BCUT2D eigenvalue weighted by molar-refractivity contribution is 7.13. The zero-order valence-corrected chi connectivity index (χ0v) is 10.7. The topological polar surface area (TPSA) is 112 Å². The van der Waals surface area contributed by atoms with Gasteiger partial charge in [-0.15, -0.1) is 11.3 Å². The molecule has 0 aliphatic carbocycles. The molecule has 0 bridgehead atoms. The number of hydrogen-bond acceptors (Lipinski definition) is 7. The van der Waals surface area contributed by atoms with Gasteiger partial charge in [-0.3, -0.25) is 10.1 Å². The molecule has 0 aliphatic rings. The molecule has 2 aromatic heterocycles. The molecule has 0 amide bonds. The molecule has 0 radical (unpaired) electrons. The third-order valence-corrected chi connectivity index (χ3v) is 3.40. The summed E-state index contributed by atoms with van der Waals surface area (Å²) in [4.78, 5) is 26.1. The summed E-state index contributed by atoms with van der Waals surface area (Å²) in [5.41, 5.74) is 5.81. The molecule has 0 spiro atoms. The van der Waals surface area contributed by atoms with Gasteiger partial charge in [0.05, 0.1) is 16.2 Å². The first kappa shape index (κ1) is 12.3. The Kier molecular flexibility index (Phi) is 2.72. The van der Waals surface area contributed by atoms with Crippen LogP contribution in [0, 0.1) is 10.1 Å². The Morgan fingerprint density at radius 3 is 2.80 bits per heavy atom. The van der Waals surface area contributed by atoms with E-state index in [0.29, 0.717) is 16.2 Å². The van der Waals surface area contributed by atoms with Crippen LogP contribution < -0.4 is 11.4 Å². The van der Waals surface area contributed by atoms with Crippen molar-refractivity contribution in [2.24, 2.45) is 0 Å². The fourth-order valence-corrected chi connectivity index (χ4v) is 2.38. The Balaban J connectivity index is 2.25. The standard InChI is InChI=1S/C12H7N3O4S/c13-12-14-9(5-20-12)8-4-6-3-7(15(17)18)1-2-10(6)19-11(8)16/h1-5H,(H2,13,14). The van der Waals surface area contributed by atoms with Gasteiger partial charge in [-0.2, -0.15) is 0 Å². The third kappa shape index (κ3) is 2.01. The maximum Gasteiger partial charge on any atom is 0.345 e. The Bertz CT molecular complexity index is 884. The van der Waals surface area contributed by atoms with Crippen LogP contribution in [-0.2, 0) is 0 Å². The number of aromatic nitrogens is 1. The lowest BCUT2D eigenvalue weighted by Gasteiger charge is -1.99. The van der Waals surface area contributed by atoms with Crippen molar-refractivity contribution in [1.82, 2.24) is 4.98 Å². The summed E-state index contributed by atoms with van der Waals surface area (Å²) in [6.45, 7) is 0. The second kappa shape index (κ2) is 4.42. The minimum atomic E-state index is -0.559. The molecule has 3 aromatic rings. The van der Waals surface area contributed by atoms with Gasteiger partial charge in [-0.05, 0) is 12.1 Å². The zero-order valence-electron chi connectivity index (χ0n) is 9.90. The van der Waals surface area contributed by atoms with Crippen molar-refractivity contribution >= 4 is 33.1 Å². The fraction of sp³-hybridized carbons (Fsp3) is 0. The van der Waals surface area contributed by atoms with Gasteiger partial charge >= 0.3 is 5.63 Å². The smallest absolute Gasteiger partial charge is 0.345 e. The number of anilines is 1. The summed E-state index contributed by atoms with van der Waals surface area (Å²) in [6, 6.07) is 5.54. The normalized spacial score (nSPS) is 10.8. The van der Waals surface area contributed by atoms with Crippen molar-refractivity contribution in [2.45, 2.75) is 0 Å². The number of nitro groups is 1. The van der Waals surface area contributed by atoms with Crippen molar-refractivity contribution in [3.05, 3.63) is 50.2 Å². The van der Waals surface area contributed by atoms with Gasteiger partial charge in [0, 0.05) is 22.9 Å². The molecule has 2 heterocycles. The van der Waals surface area contributed by atoms with E-state index in [9.17, 15) is 14.9 Å². The molecule has 0 fully saturated rings. The highest BCUT2D eigenvalue weighted by Gasteiger charge is 2.13. The molecule has 0 unspecified atom stereocenters. The van der Waals surface area contributed by atoms with Crippen LogP contribution in [0.5, 0.6) is 0 Å². The average molecular weight is 289 g/mol. The molecule has 0 saturated heterocycles. The predicted molar refractivity (Wildman–Crippen MR) is 74.7 cm³/mol. The number of nitro benzene ring substituents is 1. The highest BCUT2D eigenvalue weighted by Crippen LogP contribution is 2.25. The van der Waals surface area contributed by atoms with Crippen molar-refractivity contribution in [2.75, 3.05) is 5.73 Å². The lowest BCUT2D eigenvalue weighted by atomic mass is 10.1. The van der Waals surface area contributed by atoms with Gasteiger partial charge in [-0.25, -0.2) is 9.78 Å². The van der Waals surface area contributed by atoms with Crippen LogP contribution in [0.25, 0.3) is 22.2 Å². The van der Waals surface area contributed by atoms with Crippen molar-refractivity contribution in [3.63, 3.8) is 0 Å². The first-order chi connectivity index (χ1) is 9.54. The van der Waals surface area contributed by atoms with Crippen LogP contribution in [0.3, 0.4) is 0 Å². The van der Waals surface area contributed by atoms with Crippen molar-refractivity contribution in [1.29, 1.82) is 0 Å². The molecular weight excluding hydrogens is 282 g/mol. The molecule has 0 saturated carbocycles. The van der Waals surface area contributed by atoms with Crippen LogP contribution in [0.4, 0.5) is 10.8 Å². The van der Waals surface area contributed by atoms with Gasteiger partial charge in [0.1, 0.15) is 5.58 Å². The molecule has 7 nitrogen and oxygen atoms in total. The summed E-state index contributed by atoms with van der Waals surface area (Å²) in [5.74, 6) is 0. The van der Waals surface area contributed by atoms with Crippen LogP contribution in [-0.4, -0.2) is 9.91 Å². The molecular formula is C12H7N3O4S. The fourth-order valence-electron chi connectivity index (χ4n) is 1.81. The van der Waals surface area contributed by atoms with Gasteiger partial charge in [0.25, 0.3) is 5.69 Å². The van der Waals surface area contributed by atoms with E-state index in [0.717, 1.165) is 0 Å². The minimum Gasteiger partial charge on any atom is -0.422 e. The second-order valence-corrected chi connectivity index (χ2v) is 4.89. The lowest BCUT2D eigenvalue weighted by Crippen LogP contribution is -2.03. The molecule has 0 atom stereocenters. The number of non-ortho nitro benzene ring substituents is 1. The molecule has 1 aromatic carbocycles. The number of thiazole rings is 1. The maximum absolute atomic E-state index is 11.9. The Labute approximate surface area is 115 Å². The van der Waals surface area contributed by atoms with Gasteiger partial charge < -0.3 is 10.2 Å². The van der Waals surface area contributed by atoms with E-state index in [1.54, 1.807) is 5.38 Å². The Hall–Kier alpha value is -2.74. The highest BCUT2D eigenvalue weighted by atomic mass is 32.1. The van der Waals surface area contributed by atoms with Crippen LogP contribution in [0.15, 0.2) is 38.9 Å². The van der Waals surface area contributed by atoms with E-state index in [1.807, 2.05) is 0 Å². The quantitative estimate of drug-likeness (QED) is 0.440. The first-order valence-electron chi connectivity index (χ1n) is 5.48. The number of benzene rings is 1. The third-order valence-electron chi connectivity index (χ3n) is 2.72. The predicted octanol–water partition coefficient (Wildman–Crippen LogP) is 2.41. The summed E-state index contributed by atoms with van der Waals surface area (Å²) in [7, 11) is 0. The largest absolute Gasteiger partial charge is 0.422 e. The molecule has 0 aliphatic heterocycles. The summed E-state index contributed by atoms with van der Waals surface area (Å²) >= 11 is 1.20. The molecule has 8 heteroatoms.